The fraction of sp³-hybridized carbons (Fsp3) is 0.316. The zero-order valence-corrected chi connectivity index (χ0v) is 15.2. The molecule has 0 saturated heterocycles. The number of aliphatic hydroxyl groups excluding tert-OH is 1. The zero-order chi connectivity index (χ0) is 18.9. The Hall–Kier alpha value is -3.13. The molecule has 0 bridgehead atoms. The molecule has 0 aliphatic rings. The highest BCUT2D eigenvalue weighted by Gasteiger charge is 2.09. The van der Waals surface area contributed by atoms with E-state index in [2.05, 4.69) is 30.8 Å². The van der Waals surface area contributed by atoms with E-state index in [-0.39, 0.29) is 0 Å². The standard InChI is InChI=1S/C19H24N6O2/c1-2-20-19(21-11-10-15(26)14-7-4-3-5-8-14)22-13-17-23-18(25-24-17)16-9-6-12-27-16/h3-9,12,15,26H,2,10-11,13H2,1H3,(H2,20,21,22)(H,23,24,25). The highest BCUT2D eigenvalue weighted by Crippen LogP contribution is 2.15. The van der Waals surface area contributed by atoms with Crippen molar-refractivity contribution in [2.24, 2.45) is 4.99 Å². The van der Waals surface area contributed by atoms with Crippen molar-refractivity contribution in [1.82, 2.24) is 25.8 Å². The third kappa shape index (κ3) is 5.42. The maximum absolute atomic E-state index is 10.2. The average Bonchev–Trinajstić information content (AvgIpc) is 3.38. The summed E-state index contributed by atoms with van der Waals surface area (Å²) in [4.78, 5) is 8.87. The van der Waals surface area contributed by atoms with Crippen molar-refractivity contribution in [2.45, 2.75) is 26.0 Å². The van der Waals surface area contributed by atoms with Crippen molar-refractivity contribution in [3.8, 4) is 11.6 Å². The van der Waals surface area contributed by atoms with E-state index in [1.165, 1.54) is 0 Å². The number of aliphatic imine (C=N–C) groups is 1. The average molecular weight is 368 g/mol. The van der Waals surface area contributed by atoms with Gasteiger partial charge in [-0.2, -0.15) is 0 Å². The molecule has 4 N–H and O–H groups in total. The number of rotatable bonds is 8. The fourth-order valence-electron chi connectivity index (χ4n) is 2.55. The lowest BCUT2D eigenvalue weighted by molar-refractivity contribution is 0.168. The Kier molecular flexibility index (Phi) is 6.59. The second-order valence-corrected chi connectivity index (χ2v) is 5.92. The molecule has 0 aliphatic heterocycles. The molecule has 2 heterocycles. The summed E-state index contributed by atoms with van der Waals surface area (Å²) in [6.45, 7) is 3.68. The summed E-state index contributed by atoms with van der Waals surface area (Å²) in [7, 11) is 0. The maximum atomic E-state index is 10.2. The van der Waals surface area contributed by atoms with Crippen molar-refractivity contribution >= 4 is 5.96 Å². The van der Waals surface area contributed by atoms with Gasteiger partial charge in [-0.15, -0.1) is 5.10 Å². The van der Waals surface area contributed by atoms with Crippen LogP contribution in [0.2, 0.25) is 0 Å². The Labute approximate surface area is 157 Å². The minimum atomic E-state index is -0.508. The lowest BCUT2D eigenvalue weighted by Crippen LogP contribution is -2.38. The summed E-state index contributed by atoms with van der Waals surface area (Å²) in [5, 5.41) is 23.6. The fourth-order valence-corrected chi connectivity index (χ4v) is 2.55. The van der Waals surface area contributed by atoms with Gasteiger partial charge in [0, 0.05) is 13.1 Å². The van der Waals surface area contributed by atoms with Gasteiger partial charge in [0.25, 0.3) is 0 Å². The molecular formula is C19H24N6O2. The Morgan fingerprint density at radius 2 is 2.07 bits per heavy atom. The molecule has 2 aromatic heterocycles. The van der Waals surface area contributed by atoms with Gasteiger partial charge in [-0.05, 0) is 31.0 Å². The van der Waals surface area contributed by atoms with Gasteiger partial charge in [0.15, 0.2) is 11.7 Å². The Bertz CT molecular complexity index is 829. The summed E-state index contributed by atoms with van der Waals surface area (Å²) >= 11 is 0. The molecule has 0 radical (unpaired) electrons. The van der Waals surface area contributed by atoms with Gasteiger partial charge < -0.3 is 20.2 Å². The molecule has 0 aliphatic carbocycles. The van der Waals surface area contributed by atoms with Crippen LogP contribution in [-0.2, 0) is 6.54 Å². The van der Waals surface area contributed by atoms with E-state index < -0.39 is 6.10 Å². The molecule has 3 aromatic rings. The van der Waals surface area contributed by atoms with Crippen molar-refractivity contribution in [3.63, 3.8) is 0 Å². The summed E-state index contributed by atoms with van der Waals surface area (Å²) in [5.74, 6) is 2.42. The molecule has 0 amide bonds. The SMILES string of the molecule is CCNC(=NCc1nc(-c2ccco2)n[nH]1)NCCC(O)c1ccccc1. The quantitative estimate of drug-likeness (QED) is 0.358. The first kappa shape index (κ1) is 18.7. The van der Waals surface area contributed by atoms with Gasteiger partial charge in [-0.1, -0.05) is 30.3 Å². The van der Waals surface area contributed by atoms with Crippen molar-refractivity contribution in [1.29, 1.82) is 0 Å². The van der Waals surface area contributed by atoms with Crippen molar-refractivity contribution in [3.05, 3.63) is 60.1 Å². The predicted octanol–water partition coefficient (Wildman–Crippen LogP) is 2.24. The molecular weight excluding hydrogens is 344 g/mol. The second-order valence-electron chi connectivity index (χ2n) is 5.92. The normalized spacial score (nSPS) is 12.7. The first-order valence-electron chi connectivity index (χ1n) is 8.96. The van der Waals surface area contributed by atoms with Gasteiger partial charge in [0.05, 0.1) is 12.4 Å². The first-order valence-corrected chi connectivity index (χ1v) is 8.96. The number of aromatic amines is 1. The summed E-state index contributed by atoms with van der Waals surface area (Å²) in [6.07, 6.45) is 1.66. The molecule has 1 aromatic carbocycles. The number of nitrogens with zero attached hydrogens (tertiary/aromatic N) is 3. The molecule has 0 saturated carbocycles. The lowest BCUT2D eigenvalue weighted by atomic mass is 10.1. The number of H-pyrrole nitrogens is 1. The Morgan fingerprint density at radius 3 is 2.81 bits per heavy atom. The third-order valence-electron chi connectivity index (χ3n) is 3.90. The maximum Gasteiger partial charge on any atom is 0.216 e. The molecule has 142 valence electrons. The van der Waals surface area contributed by atoms with Gasteiger partial charge in [-0.25, -0.2) is 9.98 Å². The van der Waals surface area contributed by atoms with Gasteiger partial charge in [0.1, 0.15) is 12.4 Å². The number of aliphatic hydroxyl groups is 1. The van der Waals surface area contributed by atoms with Gasteiger partial charge >= 0.3 is 0 Å². The van der Waals surface area contributed by atoms with E-state index in [4.69, 9.17) is 4.42 Å². The highest BCUT2D eigenvalue weighted by atomic mass is 16.3. The van der Waals surface area contributed by atoms with E-state index >= 15 is 0 Å². The summed E-state index contributed by atoms with van der Waals surface area (Å²) < 4.78 is 5.28. The van der Waals surface area contributed by atoms with Crippen molar-refractivity contribution in [2.75, 3.05) is 13.1 Å². The van der Waals surface area contributed by atoms with Crippen LogP contribution in [0.3, 0.4) is 0 Å². The van der Waals surface area contributed by atoms with Crippen LogP contribution in [0.15, 0.2) is 58.1 Å². The van der Waals surface area contributed by atoms with Crippen LogP contribution >= 0.6 is 0 Å². The molecule has 27 heavy (non-hydrogen) atoms. The van der Waals surface area contributed by atoms with Crippen LogP contribution in [0.5, 0.6) is 0 Å². The van der Waals surface area contributed by atoms with Crippen molar-refractivity contribution < 1.29 is 9.52 Å². The van der Waals surface area contributed by atoms with Crippen LogP contribution < -0.4 is 10.6 Å². The monoisotopic (exact) mass is 368 g/mol. The van der Waals surface area contributed by atoms with Crippen LogP contribution in [0, 0.1) is 0 Å². The van der Waals surface area contributed by atoms with Crippen LogP contribution in [-0.4, -0.2) is 39.3 Å². The van der Waals surface area contributed by atoms with Crippen LogP contribution in [0.1, 0.15) is 30.8 Å². The minimum absolute atomic E-state index is 0.351. The molecule has 3 rings (SSSR count). The van der Waals surface area contributed by atoms with E-state index in [1.807, 2.05) is 37.3 Å². The van der Waals surface area contributed by atoms with E-state index in [9.17, 15) is 5.11 Å². The number of benzene rings is 1. The van der Waals surface area contributed by atoms with E-state index in [1.54, 1.807) is 18.4 Å². The largest absolute Gasteiger partial charge is 0.461 e. The Balaban J connectivity index is 1.52. The third-order valence-corrected chi connectivity index (χ3v) is 3.90. The molecule has 1 unspecified atom stereocenters. The first-order chi connectivity index (χ1) is 13.3. The number of nitrogens with one attached hydrogen (secondary N) is 3. The van der Waals surface area contributed by atoms with Gasteiger partial charge in [0.2, 0.25) is 5.82 Å². The summed E-state index contributed by atoms with van der Waals surface area (Å²) in [6, 6.07) is 13.2. The molecule has 8 heteroatoms. The highest BCUT2D eigenvalue weighted by molar-refractivity contribution is 5.79. The van der Waals surface area contributed by atoms with E-state index in [0.717, 1.165) is 12.1 Å². The molecule has 0 fully saturated rings. The summed E-state index contributed by atoms with van der Waals surface area (Å²) in [5.41, 5.74) is 0.911. The predicted molar refractivity (Wildman–Crippen MR) is 103 cm³/mol. The Morgan fingerprint density at radius 1 is 1.22 bits per heavy atom. The zero-order valence-electron chi connectivity index (χ0n) is 15.2. The second kappa shape index (κ2) is 9.54. The number of aromatic nitrogens is 3. The van der Waals surface area contributed by atoms with Crippen LogP contribution in [0.25, 0.3) is 11.6 Å². The lowest BCUT2D eigenvalue weighted by Gasteiger charge is -2.14. The van der Waals surface area contributed by atoms with E-state index in [0.29, 0.717) is 42.9 Å². The smallest absolute Gasteiger partial charge is 0.216 e. The molecule has 0 spiro atoms. The topological polar surface area (TPSA) is 111 Å². The number of guanidine groups is 1. The molecule has 1 atom stereocenters. The number of hydrogen-bond acceptors (Lipinski definition) is 5. The van der Waals surface area contributed by atoms with Gasteiger partial charge in [-0.3, -0.25) is 5.10 Å². The molecule has 8 nitrogen and oxygen atoms in total. The van der Waals surface area contributed by atoms with Crippen LogP contribution in [0.4, 0.5) is 0 Å². The minimum Gasteiger partial charge on any atom is -0.461 e. The number of furan rings is 1. The number of hydrogen-bond donors (Lipinski definition) is 4.